The number of hydrogen-bond acceptors (Lipinski definition) is 5. The molecule has 6 nitrogen and oxygen atoms in total. The molecule has 2 amide bonds. The Hall–Kier alpha value is -2.15. The Bertz CT molecular complexity index is 727. The number of anilines is 1. The summed E-state index contributed by atoms with van der Waals surface area (Å²) in [7, 11) is 0. The molecule has 160 valence electrons. The molecule has 3 rings (SSSR count). The van der Waals surface area contributed by atoms with Crippen molar-refractivity contribution < 1.29 is 18.7 Å². The predicted octanol–water partition coefficient (Wildman–Crippen LogP) is 2.77. The highest BCUT2D eigenvalue weighted by atomic mass is 19.1. The topological polar surface area (TPSA) is 53.1 Å². The number of rotatable bonds is 7. The minimum absolute atomic E-state index is 0.0453. The SMILES string of the molecule is CC(C)Oc1c(F)cccc1N1CCN(CCCN2C(=O)C(C)C(C)C2=O)CC1. The molecule has 0 aliphatic carbocycles. The van der Waals surface area contributed by atoms with Crippen LogP contribution >= 0.6 is 0 Å². The molecule has 0 aromatic heterocycles. The largest absolute Gasteiger partial charge is 0.486 e. The highest BCUT2D eigenvalue weighted by Crippen LogP contribution is 2.32. The number of para-hydroxylation sites is 1. The maximum absolute atomic E-state index is 14.3. The molecule has 0 radical (unpaired) electrons. The molecule has 1 aromatic carbocycles. The van der Waals surface area contributed by atoms with Crippen LogP contribution in [0.15, 0.2) is 18.2 Å². The lowest BCUT2D eigenvalue weighted by Crippen LogP contribution is -2.47. The average Bonchev–Trinajstić information content (AvgIpc) is 2.87. The van der Waals surface area contributed by atoms with Crippen LogP contribution in [-0.2, 0) is 9.59 Å². The first-order valence-electron chi connectivity index (χ1n) is 10.6. The van der Waals surface area contributed by atoms with Gasteiger partial charge in [-0.3, -0.25) is 19.4 Å². The Labute approximate surface area is 172 Å². The third kappa shape index (κ3) is 4.71. The number of carbonyl (C=O) groups is 2. The Kier molecular flexibility index (Phi) is 6.77. The zero-order valence-corrected chi connectivity index (χ0v) is 17.9. The summed E-state index contributed by atoms with van der Waals surface area (Å²) >= 11 is 0. The van der Waals surface area contributed by atoms with Crippen LogP contribution in [0.25, 0.3) is 0 Å². The van der Waals surface area contributed by atoms with Crippen LogP contribution < -0.4 is 9.64 Å². The zero-order valence-electron chi connectivity index (χ0n) is 17.9. The first kappa shape index (κ1) is 21.6. The summed E-state index contributed by atoms with van der Waals surface area (Å²) in [6.07, 6.45) is 0.687. The van der Waals surface area contributed by atoms with Gasteiger partial charge in [-0.1, -0.05) is 19.9 Å². The van der Waals surface area contributed by atoms with Gasteiger partial charge in [-0.2, -0.15) is 0 Å². The van der Waals surface area contributed by atoms with E-state index in [9.17, 15) is 14.0 Å². The van der Waals surface area contributed by atoms with Crippen molar-refractivity contribution >= 4 is 17.5 Å². The minimum atomic E-state index is -0.331. The van der Waals surface area contributed by atoms with Gasteiger partial charge in [0, 0.05) is 44.6 Å². The molecule has 7 heteroatoms. The molecule has 29 heavy (non-hydrogen) atoms. The summed E-state index contributed by atoms with van der Waals surface area (Å²) in [4.78, 5) is 30.3. The summed E-state index contributed by atoms with van der Waals surface area (Å²) in [6, 6.07) is 5.06. The van der Waals surface area contributed by atoms with Crippen LogP contribution in [0.2, 0.25) is 0 Å². The number of piperazine rings is 1. The Morgan fingerprint density at radius 1 is 1.03 bits per heavy atom. The van der Waals surface area contributed by atoms with Gasteiger partial charge in [0.05, 0.1) is 11.8 Å². The molecule has 0 N–H and O–H groups in total. The summed E-state index contributed by atoms with van der Waals surface area (Å²) in [5.41, 5.74) is 0.801. The number of halogens is 1. The summed E-state index contributed by atoms with van der Waals surface area (Å²) in [5.74, 6) is -0.515. The van der Waals surface area contributed by atoms with Gasteiger partial charge in [0.2, 0.25) is 11.8 Å². The first-order valence-corrected chi connectivity index (χ1v) is 10.6. The van der Waals surface area contributed by atoms with Gasteiger partial charge in [0.1, 0.15) is 0 Å². The van der Waals surface area contributed by atoms with E-state index >= 15 is 0 Å². The normalized spacial score (nSPS) is 23.4. The maximum Gasteiger partial charge on any atom is 0.232 e. The van der Waals surface area contributed by atoms with Gasteiger partial charge in [0.25, 0.3) is 0 Å². The zero-order chi connectivity index (χ0) is 21.1. The molecule has 2 atom stereocenters. The van der Waals surface area contributed by atoms with Gasteiger partial charge in [-0.15, -0.1) is 0 Å². The lowest BCUT2D eigenvalue weighted by molar-refractivity contribution is -0.139. The van der Waals surface area contributed by atoms with E-state index in [1.807, 2.05) is 33.8 Å². The van der Waals surface area contributed by atoms with E-state index in [4.69, 9.17) is 4.74 Å². The monoisotopic (exact) mass is 405 g/mol. The fraction of sp³-hybridized carbons (Fsp3) is 0.636. The summed E-state index contributed by atoms with van der Waals surface area (Å²) in [5, 5.41) is 0. The molecule has 2 aliphatic rings. The number of carbonyl (C=O) groups excluding carboxylic acids is 2. The number of likely N-dealkylation sites (tertiary alicyclic amines) is 1. The van der Waals surface area contributed by atoms with Crippen LogP contribution in [0, 0.1) is 17.7 Å². The highest BCUT2D eigenvalue weighted by Gasteiger charge is 2.41. The molecule has 2 unspecified atom stereocenters. The molecule has 0 bridgehead atoms. The maximum atomic E-state index is 14.3. The second kappa shape index (κ2) is 9.11. The van der Waals surface area contributed by atoms with Crippen molar-refractivity contribution in [3.8, 4) is 5.75 Å². The molecule has 2 saturated heterocycles. The van der Waals surface area contributed by atoms with Crippen molar-refractivity contribution in [2.75, 3.05) is 44.2 Å². The first-order chi connectivity index (χ1) is 13.8. The fourth-order valence-corrected chi connectivity index (χ4v) is 4.01. The van der Waals surface area contributed by atoms with Crippen LogP contribution in [0.3, 0.4) is 0 Å². The van der Waals surface area contributed by atoms with Gasteiger partial charge >= 0.3 is 0 Å². The van der Waals surface area contributed by atoms with Crippen molar-refractivity contribution in [1.82, 2.24) is 9.80 Å². The van der Waals surface area contributed by atoms with Gasteiger partial charge in [-0.05, 0) is 38.9 Å². The molecular formula is C22H32FN3O3. The average molecular weight is 406 g/mol. The smallest absolute Gasteiger partial charge is 0.232 e. The van der Waals surface area contributed by atoms with E-state index in [1.165, 1.54) is 11.0 Å². The van der Waals surface area contributed by atoms with Crippen LogP contribution in [0.4, 0.5) is 10.1 Å². The van der Waals surface area contributed by atoms with Crippen LogP contribution in [0.1, 0.15) is 34.1 Å². The Morgan fingerprint density at radius 2 is 1.66 bits per heavy atom. The third-order valence-corrected chi connectivity index (χ3v) is 5.93. The van der Waals surface area contributed by atoms with Crippen molar-refractivity contribution in [3.05, 3.63) is 24.0 Å². The molecule has 0 spiro atoms. The number of imide groups is 1. The minimum Gasteiger partial charge on any atom is -0.486 e. The lowest BCUT2D eigenvalue weighted by atomic mass is 10.00. The lowest BCUT2D eigenvalue weighted by Gasteiger charge is -2.37. The number of benzene rings is 1. The van der Waals surface area contributed by atoms with Crippen molar-refractivity contribution in [1.29, 1.82) is 0 Å². The van der Waals surface area contributed by atoms with Gasteiger partial charge < -0.3 is 9.64 Å². The highest BCUT2D eigenvalue weighted by molar-refractivity contribution is 6.04. The predicted molar refractivity (Wildman–Crippen MR) is 110 cm³/mol. The van der Waals surface area contributed by atoms with E-state index in [1.54, 1.807) is 6.07 Å². The number of nitrogens with zero attached hydrogens (tertiary/aromatic N) is 3. The fourth-order valence-electron chi connectivity index (χ4n) is 4.01. The molecule has 2 fully saturated rings. The van der Waals surface area contributed by atoms with Gasteiger partial charge in [-0.25, -0.2) is 4.39 Å². The van der Waals surface area contributed by atoms with Gasteiger partial charge in [0.15, 0.2) is 11.6 Å². The summed E-state index contributed by atoms with van der Waals surface area (Å²) < 4.78 is 20.0. The third-order valence-electron chi connectivity index (χ3n) is 5.93. The summed E-state index contributed by atoms with van der Waals surface area (Å²) in [6.45, 7) is 12.0. The number of hydrogen-bond donors (Lipinski definition) is 0. The molecule has 1 aromatic rings. The standard InChI is InChI=1S/C22H32FN3O3/c1-15(2)29-20-18(23)7-5-8-19(20)25-13-11-24(12-14-25)9-6-10-26-21(27)16(3)17(4)22(26)28/h5,7-8,15-17H,6,9-14H2,1-4H3. The molecule has 2 heterocycles. The van der Waals surface area contributed by atoms with Crippen molar-refractivity contribution in [2.24, 2.45) is 11.8 Å². The molecular weight excluding hydrogens is 373 g/mol. The Balaban J connectivity index is 1.50. The quantitative estimate of drug-likeness (QED) is 0.653. The second-order valence-corrected chi connectivity index (χ2v) is 8.34. The Morgan fingerprint density at radius 3 is 2.24 bits per heavy atom. The van der Waals surface area contributed by atoms with E-state index in [2.05, 4.69) is 9.80 Å². The van der Waals surface area contributed by atoms with Crippen LogP contribution in [0.5, 0.6) is 5.75 Å². The second-order valence-electron chi connectivity index (χ2n) is 8.34. The van der Waals surface area contributed by atoms with E-state index in [-0.39, 0.29) is 35.6 Å². The van der Waals surface area contributed by atoms with Crippen LogP contribution in [-0.4, -0.2) is 67.0 Å². The molecule has 2 aliphatic heterocycles. The van der Waals surface area contributed by atoms with E-state index in [0.29, 0.717) is 12.3 Å². The number of amides is 2. The molecule has 0 saturated carbocycles. The van der Waals surface area contributed by atoms with E-state index in [0.717, 1.165) is 44.8 Å². The van der Waals surface area contributed by atoms with Crippen molar-refractivity contribution in [2.45, 2.75) is 40.2 Å². The number of ether oxygens (including phenoxy) is 1. The van der Waals surface area contributed by atoms with E-state index < -0.39 is 0 Å². The van der Waals surface area contributed by atoms with Crippen molar-refractivity contribution in [3.63, 3.8) is 0 Å².